The van der Waals surface area contributed by atoms with Crippen LogP contribution in [0.4, 0.5) is 0 Å². The van der Waals surface area contributed by atoms with Gasteiger partial charge in [-0.1, -0.05) is 12.1 Å². The first-order valence-electron chi connectivity index (χ1n) is 10.9. The molecule has 0 saturated carbocycles. The molecule has 0 aliphatic heterocycles. The highest BCUT2D eigenvalue weighted by molar-refractivity contribution is 5.73. The van der Waals surface area contributed by atoms with Crippen molar-refractivity contribution >= 4 is 11.9 Å². The molecule has 0 aliphatic rings. The third-order valence-electron chi connectivity index (χ3n) is 5.59. The summed E-state index contributed by atoms with van der Waals surface area (Å²) < 4.78 is 17.1. The molecule has 174 valence electrons. The largest absolute Gasteiger partial charge is 0.494 e. The summed E-state index contributed by atoms with van der Waals surface area (Å²) in [4.78, 5) is 22.5. The van der Waals surface area contributed by atoms with Gasteiger partial charge in [-0.05, 0) is 87.9 Å². The number of carbonyl (C=O) groups excluding carboxylic acids is 1. The first kappa shape index (κ1) is 25.2. The molecular formula is C26H34O6. The maximum atomic E-state index is 11.3. The summed E-state index contributed by atoms with van der Waals surface area (Å²) in [5.41, 5.74) is 3.13. The highest BCUT2D eigenvalue weighted by Crippen LogP contribution is 2.33. The molecule has 2 aromatic rings. The van der Waals surface area contributed by atoms with Crippen LogP contribution in [0.5, 0.6) is 17.2 Å². The molecule has 2 rings (SSSR count). The van der Waals surface area contributed by atoms with Crippen molar-refractivity contribution in [1.82, 2.24) is 0 Å². The lowest BCUT2D eigenvalue weighted by atomic mass is 9.88. The summed E-state index contributed by atoms with van der Waals surface area (Å²) in [6.45, 7) is 11.6. The topological polar surface area (TPSA) is 82.1 Å². The van der Waals surface area contributed by atoms with E-state index < -0.39 is 11.4 Å². The molecule has 0 fully saturated rings. The normalized spacial score (nSPS) is 11.2. The van der Waals surface area contributed by atoms with E-state index >= 15 is 0 Å². The maximum Gasteiger partial charge on any atom is 0.309 e. The Kier molecular flexibility index (Phi) is 8.70. The first-order chi connectivity index (χ1) is 15.0. The Morgan fingerprint density at radius 3 is 2.22 bits per heavy atom. The lowest BCUT2D eigenvalue weighted by Crippen LogP contribution is -2.24. The van der Waals surface area contributed by atoms with Crippen LogP contribution in [0.15, 0.2) is 30.3 Å². The molecule has 32 heavy (non-hydrogen) atoms. The smallest absolute Gasteiger partial charge is 0.309 e. The summed E-state index contributed by atoms with van der Waals surface area (Å²) in [5, 5.41) is 9.15. The van der Waals surface area contributed by atoms with Crippen molar-refractivity contribution in [2.24, 2.45) is 5.41 Å². The number of aryl methyl sites for hydroxylation is 1. The summed E-state index contributed by atoms with van der Waals surface area (Å²) in [7, 11) is 0. The van der Waals surface area contributed by atoms with Gasteiger partial charge in [0.2, 0.25) is 0 Å². The fourth-order valence-electron chi connectivity index (χ4n) is 3.31. The lowest BCUT2D eigenvalue weighted by Gasteiger charge is -2.18. The second-order valence-corrected chi connectivity index (χ2v) is 8.75. The predicted molar refractivity (Wildman–Crippen MR) is 124 cm³/mol. The number of hydrogen-bond donors (Lipinski definition) is 1. The molecule has 0 radical (unpaired) electrons. The molecule has 0 aliphatic carbocycles. The fourth-order valence-corrected chi connectivity index (χ4v) is 3.31. The van der Waals surface area contributed by atoms with Gasteiger partial charge in [0.05, 0.1) is 18.6 Å². The van der Waals surface area contributed by atoms with Gasteiger partial charge in [-0.25, -0.2) is 0 Å². The quantitative estimate of drug-likeness (QED) is 0.284. The second-order valence-electron chi connectivity index (χ2n) is 8.75. The molecule has 6 heteroatoms. The molecule has 1 N–H and O–H groups in total. The van der Waals surface area contributed by atoms with Crippen molar-refractivity contribution in [3.05, 3.63) is 52.6 Å². The summed E-state index contributed by atoms with van der Waals surface area (Å²) in [5.74, 6) is 1.04. The molecule has 0 bridgehead atoms. The van der Waals surface area contributed by atoms with E-state index in [4.69, 9.17) is 19.3 Å². The Labute approximate surface area is 190 Å². The molecule has 0 aromatic heterocycles. The van der Waals surface area contributed by atoms with E-state index in [1.807, 2.05) is 51.1 Å². The molecule has 0 atom stereocenters. The molecular weight excluding hydrogens is 408 g/mol. The fraction of sp³-hybridized carbons (Fsp3) is 0.462. The zero-order chi connectivity index (χ0) is 23.9. The standard InChI is InChI=1S/C26H34O6/c1-17-16-23(18(2)19(3)24(17)32-20(4)27)31-15-12-21-8-10-22(11-9-21)30-14-7-13-26(5,6)25(28)29/h8-11,16H,7,12-15H2,1-6H3,(H,28,29). The van der Waals surface area contributed by atoms with Gasteiger partial charge in [-0.3, -0.25) is 9.59 Å². The molecule has 2 aromatic carbocycles. The van der Waals surface area contributed by atoms with Crippen LogP contribution in [0.3, 0.4) is 0 Å². The van der Waals surface area contributed by atoms with Crippen LogP contribution < -0.4 is 14.2 Å². The van der Waals surface area contributed by atoms with E-state index in [0.717, 1.165) is 40.2 Å². The van der Waals surface area contributed by atoms with Gasteiger partial charge in [0, 0.05) is 13.3 Å². The number of carbonyl (C=O) groups is 2. The minimum Gasteiger partial charge on any atom is -0.494 e. The number of rotatable bonds is 11. The minimum absolute atomic E-state index is 0.333. The summed E-state index contributed by atoms with van der Waals surface area (Å²) in [6, 6.07) is 9.76. The van der Waals surface area contributed by atoms with E-state index in [2.05, 4.69) is 0 Å². The van der Waals surface area contributed by atoms with Crippen LogP contribution in [0.1, 0.15) is 55.9 Å². The van der Waals surface area contributed by atoms with E-state index in [-0.39, 0.29) is 5.97 Å². The van der Waals surface area contributed by atoms with Crippen molar-refractivity contribution in [3.63, 3.8) is 0 Å². The van der Waals surface area contributed by atoms with Crippen LogP contribution in [0.2, 0.25) is 0 Å². The third-order valence-corrected chi connectivity index (χ3v) is 5.59. The van der Waals surface area contributed by atoms with Gasteiger partial charge in [-0.15, -0.1) is 0 Å². The van der Waals surface area contributed by atoms with Gasteiger partial charge in [0.15, 0.2) is 0 Å². The van der Waals surface area contributed by atoms with Crippen molar-refractivity contribution in [3.8, 4) is 17.2 Å². The lowest BCUT2D eigenvalue weighted by molar-refractivity contribution is -0.147. The highest BCUT2D eigenvalue weighted by atomic mass is 16.5. The van der Waals surface area contributed by atoms with Crippen LogP contribution >= 0.6 is 0 Å². The van der Waals surface area contributed by atoms with Gasteiger partial charge in [0.1, 0.15) is 17.2 Å². The van der Waals surface area contributed by atoms with Crippen LogP contribution in [-0.4, -0.2) is 30.3 Å². The van der Waals surface area contributed by atoms with Crippen molar-refractivity contribution in [2.45, 2.75) is 60.8 Å². The zero-order valence-electron chi connectivity index (χ0n) is 19.9. The van der Waals surface area contributed by atoms with Gasteiger partial charge < -0.3 is 19.3 Å². The molecule has 0 amide bonds. The molecule has 0 heterocycles. The maximum absolute atomic E-state index is 11.3. The summed E-state index contributed by atoms with van der Waals surface area (Å²) >= 11 is 0. The van der Waals surface area contributed by atoms with Gasteiger partial charge in [0.25, 0.3) is 0 Å². The molecule has 0 unspecified atom stereocenters. The van der Waals surface area contributed by atoms with Crippen molar-refractivity contribution < 1.29 is 28.9 Å². The van der Waals surface area contributed by atoms with E-state index in [1.165, 1.54) is 6.92 Å². The number of carboxylic acids is 1. The summed E-state index contributed by atoms with van der Waals surface area (Å²) in [6.07, 6.45) is 2.00. The number of esters is 1. The highest BCUT2D eigenvalue weighted by Gasteiger charge is 2.26. The number of carboxylic acid groups (broad SMARTS) is 1. The molecule has 0 spiro atoms. The predicted octanol–water partition coefficient (Wildman–Crippen LogP) is 5.43. The van der Waals surface area contributed by atoms with Gasteiger partial charge >= 0.3 is 11.9 Å². The SMILES string of the molecule is CC(=O)Oc1c(C)cc(OCCc2ccc(OCCCC(C)(C)C(=O)O)cc2)c(C)c1C. The Hall–Kier alpha value is -3.02. The molecule has 6 nitrogen and oxygen atoms in total. The number of aliphatic carboxylic acids is 1. The Morgan fingerprint density at radius 1 is 0.969 bits per heavy atom. The van der Waals surface area contributed by atoms with E-state index in [1.54, 1.807) is 13.8 Å². The monoisotopic (exact) mass is 442 g/mol. The zero-order valence-corrected chi connectivity index (χ0v) is 19.9. The van der Waals surface area contributed by atoms with Crippen LogP contribution in [0, 0.1) is 26.2 Å². The third kappa shape index (κ3) is 7.01. The Bertz CT molecular complexity index is 944. The van der Waals surface area contributed by atoms with E-state index in [0.29, 0.717) is 31.8 Å². The van der Waals surface area contributed by atoms with Crippen LogP contribution in [0.25, 0.3) is 0 Å². The average Bonchev–Trinajstić information content (AvgIpc) is 2.73. The Morgan fingerprint density at radius 2 is 1.62 bits per heavy atom. The first-order valence-corrected chi connectivity index (χ1v) is 10.9. The van der Waals surface area contributed by atoms with E-state index in [9.17, 15) is 9.59 Å². The number of ether oxygens (including phenoxy) is 3. The number of hydrogen-bond acceptors (Lipinski definition) is 5. The average molecular weight is 443 g/mol. The van der Waals surface area contributed by atoms with Crippen molar-refractivity contribution in [2.75, 3.05) is 13.2 Å². The van der Waals surface area contributed by atoms with Gasteiger partial charge in [-0.2, -0.15) is 0 Å². The van der Waals surface area contributed by atoms with Crippen LogP contribution in [-0.2, 0) is 16.0 Å². The molecule has 0 saturated heterocycles. The minimum atomic E-state index is -0.787. The second kappa shape index (κ2) is 11.0. The van der Waals surface area contributed by atoms with Crippen molar-refractivity contribution in [1.29, 1.82) is 0 Å². The Balaban J connectivity index is 1.84. The number of benzene rings is 2.